The molecule has 0 aliphatic heterocycles. The van der Waals surface area contributed by atoms with Gasteiger partial charge in [0.05, 0.1) is 10.6 Å². The lowest BCUT2D eigenvalue weighted by Gasteiger charge is -2.10. The van der Waals surface area contributed by atoms with E-state index in [-0.39, 0.29) is 11.1 Å². The molecule has 1 aromatic rings. The van der Waals surface area contributed by atoms with E-state index in [2.05, 4.69) is 16.5 Å². The number of hydrogen-bond acceptors (Lipinski definition) is 6. The molecule has 2 N–H and O–H groups in total. The van der Waals surface area contributed by atoms with Crippen LogP contribution in [0.5, 0.6) is 5.88 Å². The van der Waals surface area contributed by atoms with Gasteiger partial charge in [-0.2, -0.15) is 4.98 Å². The van der Waals surface area contributed by atoms with Gasteiger partial charge < -0.3 is 10.5 Å². The normalized spacial score (nSPS) is 9.88. The van der Waals surface area contributed by atoms with Crippen LogP contribution in [0.3, 0.4) is 0 Å². The van der Waals surface area contributed by atoms with E-state index in [9.17, 15) is 4.79 Å². The highest BCUT2D eigenvalue weighted by Gasteiger charge is 2.14. The van der Waals surface area contributed by atoms with Crippen LogP contribution >= 0.6 is 11.8 Å². The average Bonchev–Trinajstić information content (AvgIpc) is 2.19. The van der Waals surface area contributed by atoms with Crippen molar-refractivity contribution in [1.82, 2.24) is 9.97 Å². The van der Waals surface area contributed by atoms with Crippen molar-refractivity contribution in [2.75, 3.05) is 12.3 Å². The second-order valence-corrected chi connectivity index (χ2v) is 4.18. The molecule has 0 unspecified atom stereocenters. The molecule has 86 valence electrons. The van der Waals surface area contributed by atoms with E-state index in [0.29, 0.717) is 23.1 Å². The minimum Gasteiger partial charge on any atom is -0.473 e. The van der Waals surface area contributed by atoms with Gasteiger partial charge in [0.25, 0.3) is 0 Å². The molecule has 0 radical (unpaired) electrons. The minimum absolute atomic E-state index is 0.0556. The molecule has 16 heavy (non-hydrogen) atoms. The Kier molecular flexibility index (Phi) is 4.30. The molecule has 0 saturated carbocycles. The van der Waals surface area contributed by atoms with Crippen LogP contribution < -0.4 is 10.5 Å². The van der Waals surface area contributed by atoms with Crippen molar-refractivity contribution in [3.63, 3.8) is 0 Å². The molecule has 0 saturated heterocycles. The third-order valence-corrected chi connectivity index (χ3v) is 2.57. The molecule has 6 heteroatoms. The lowest BCUT2D eigenvalue weighted by Crippen LogP contribution is -2.05. The summed E-state index contributed by atoms with van der Waals surface area (Å²) in [6.07, 6.45) is 1.59. The highest BCUT2D eigenvalue weighted by Crippen LogP contribution is 2.31. The molecule has 1 heterocycles. The van der Waals surface area contributed by atoms with Crippen LogP contribution in [-0.4, -0.2) is 21.7 Å². The van der Waals surface area contributed by atoms with E-state index < -0.39 is 0 Å². The number of nitrogen functional groups attached to an aromatic ring is 1. The predicted molar refractivity (Wildman–Crippen MR) is 63.4 cm³/mol. The van der Waals surface area contributed by atoms with Crippen LogP contribution in [0.2, 0.25) is 0 Å². The first-order valence-electron chi connectivity index (χ1n) is 4.60. The molecular weight excluding hydrogens is 226 g/mol. The first kappa shape index (κ1) is 12.5. The summed E-state index contributed by atoms with van der Waals surface area (Å²) < 4.78 is 5.33. The van der Waals surface area contributed by atoms with Crippen molar-refractivity contribution in [1.29, 1.82) is 0 Å². The standard InChI is InChI=1S/C10H13N3O2S/c1-4-5-15-9-8(16-7(3)14)6(2)12-10(11)13-9/h4H,1,5H2,2-3H3,(H2,11,12,13). The van der Waals surface area contributed by atoms with Gasteiger partial charge in [0, 0.05) is 6.92 Å². The first-order valence-corrected chi connectivity index (χ1v) is 5.42. The number of rotatable bonds is 4. The number of nitrogens with two attached hydrogens (primary N) is 1. The van der Waals surface area contributed by atoms with Crippen molar-refractivity contribution in [2.45, 2.75) is 18.7 Å². The molecule has 1 rings (SSSR count). The van der Waals surface area contributed by atoms with E-state index in [1.807, 2.05) is 0 Å². The van der Waals surface area contributed by atoms with Crippen LogP contribution in [0.15, 0.2) is 17.6 Å². The summed E-state index contributed by atoms with van der Waals surface area (Å²) in [6.45, 7) is 7.07. The molecule has 0 fully saturated rings. The lowest BCUT2D eigenvalue weighted by atomic mass is 10.4. The van der Waals surface area contributed by atoms with E-state index in [4.69, 9.17) is 10.5 Å². The third-order valence-electron chi connectivity index (χ3n) is 1.60. The van der Waals surface area contributed by atoms with Crippen molar-refractivity contribution >= 4 is 22.8 Å². The maximum Gasteiger partial charge on any atom is 0.233 e. The summed E-state index contributed by atoms with van der Waals surface area (Å²) in [6, 6.07) is 0. The highest BCUT2D eigenvalue weighted by molar-refractivity contribution is 8.13. The maximum atomic E-state index is 11.1. The van der Waals surface area contributed by atoms with Gasteiger partial charge in [-0.15, -0.1) is 0 Å². The van der Waals surface area contributed by atoms with Gasteiger partial charge in [-0.25, -0.2) is 4.98 Å². The van der Waals surface area contributed by atoms with Crippen molar-refractivity contribution < 1.29 is 9.53 Å². The molecule has 0 bridgehead atoms. The molecule has 0 aromatic carbocycles. The molecule has 0 spiro atoms. The zero-order chi connectivity index (χ0) is 12.1. The van der Waals surface area contributed by atoms with E-state index in [1.54, 1.807) is 13.0 Å². The topological polar surface area (TPSA) is 78.1 Å². The summed E-state index contributed by atoms with van der Waals surface area (Å²) in [5.74, 6) is 0.453. The van der Waals surface area contributed by atoms with Gasteiger partial charge in [-0.1, -0.05) is 12.7 Å². The quantitative estimate of drug-likeness (QED) is 0.634. The molecule has 0 atom stereocenters. The fourth-order valence-electron chi connectivity index (χ4n) is 1.05. The summed E-state index contributed by atoms with van der Waals surface area (Å²) in [5, 5.41) is -0.0556. The van der Waals surface area contributed by atoms with Gasteiger partial charge in [0.1, 0.15) is 6.61 Å². The Bertz CT molecular complexity index is 421. The highest BCUT2D eigenvalue weighted by atomic mass is 32.2. The third kappa shape index (κ3) is 3.23. The van der Waals surface area contributed by atoms with Gasteiger partial charge in [-0.05, 0) is 18.7 Å². The zero-order valence-electron chi connectivity index (χ0n) is 9.19. The van der Waals surface area contributed by atoms with E-state index in [1.165, 1.54) is 6.92 Å². The van der Waals surface area contributed by atoms with Crippen LogP contribution in [0, 0.1) is 6.92 Å². The van der Waals surface area contributed by atoms with Gasteiger partial charge in [0.15, 0.2) is 5.12 Å². The smallest absolute Gasteiger partial charge is 0.233 e. The number of anilines is 1. The summed E-state index contributed by atoms with van der Waals surface area (Å²) in [4.78, 5) is 19.6. The van der Waals surface area contributed by atoms with Crippen LogP contribution in [-0.2, 0) is 4.79 Å². The second kappa shape index (κ2) is 5.50. The average molecular weight is 239 g/mol. The number of carbonyl (C=O) groups excluding carboxylic acids is 1. The number of aromatic nitrogens is 2. The molecular formula is C10H13N3O2S. The monoisotopic (exact) mass is 239 g/mol. The SMILES string of the molecule is C=CCOc1nc(N)nc(C)c1SC(C)=O. The Balaban J connectivity index is 3.09. The Labute approximate surface area is 98.1 Å². The maximum absolute atomic E-state index is 11.1. The van der Waals surface area contributed by atoms with E-state index >= 15 is 0 Å². The Hall–Kier alpha value is -1.56. The molecule has 0 amide bonds. The number of hydrogen-bond donors (Lipinski definition) is 1. The second-order valence-electron chi connectivity index (χ2n) is 2.99. The summed E-state index contributed by atoms with van der Waals surface area (Å²) in [5.41, 5.74) is 6.14. The molecule has 1 aromatic heterocycles. The molecule has 0 aliphatic rings. The van der Waals surface area contributed by atoms with Crippen molar-refractivity contribution in [2.24, 2.45) is 0 Å². The lowest BCUT2D eigenvalue weighted by molar-refractivity contribution is -0.109. The minimum atomic E-state index is -0.0556. The van der Waals surface area contributed by atoms with Crippen LogP contribution in [0.1, 0.15) is 12.6 Å². The van der Waals surface area contributed by atoms with Gasteiger partial charge in [0.2, 0.25) is 11.8 Å². The largest absolute Gasteiger partial charge is 0.473 e. The van der Waals surface area contributed by atoms with Gasteiger partial charge in [-0.3, -0.25) is 4.79 Å². The van der Waals surface area contributed by atoms with Crippen LogP contribution in [0.4, 0.5) is 5.95 Å². The zero-order valence-corrected chi connectivity index (χ0v) is 10.0. The number of thioether (sulfide) groups is 1. The number of nitrogens with zero attached hydrogens (tertiary/aromatic N) is 2. The summed E-state index contributed by atoms with van der Waals surface area (Å²) in [7, 11) is 0. The molecule has 0 aliphatic carbocycles. The van der Waals surface area contributed by atoms with E-state index in [0.717, 1.165) is 11.8 Å². The molecule has 5 nitrogen and oxygen atoms in total. The van der Waals surface area contributed by atoms with Crippen LogP contribution in [0.25, 0.3) is 0 Å². The number of carbonyl (C=O) groups is 1. The summed E-state index contributed by atoms with van der Waals surface area (Å²) >= 11 is 1.03. The number of ether oxygens (including phenoxy) is 1. The predicted octanol–water partition coefficient (Wildman–Crippen LogP) is 1.57. The Morgan fingerprint density at radius 1 is 1.62 bits per heavy atom. The fourth-order valence-corrected chi connectivity index (χ4v) is 1.73. The van der Waals surface area contributed by atoms with Crippen molar-refractivity contribution in [3.05, 3.63) is 18.3 Å². The number of aryl methyl sites for hydroxylation is 1. The van der Waals surface area contributed by atoms with Gasteiger partial charge >= 0.3 is 0 Å². The van der Waals surface area contributed by atoms with Crippen molar-refractivity contribution in [3.8, 4) is 5.88 Å². The Morgan fingerprint density at radius 3 is 2.88 bits per heavy atom. The fraction of sp³-hybridized carbons (Fsp3) is 0.300. The Morgan fingerprint density at radius 2 is 2.31 bits per heavy atom. The first-order chi connectivity index (χ1) is 7.54.